The molecule has 9 aliphatic rings. The molecule has 0 bridgehead atoms. The van der Waals surface area contributed by atoms with Crippen molar-refractivity contribution in [2.75, 3.05) is 0 Å². The van der Waals surface area contributed by atoms with Crippen LogP contribution in [0.5, 0.6) is 0 Å². The first-order chi connectivity index (χ1) is 30.5. The number of aldehydes is 1. The van der Waals surface area contributed by atoms with Crippen molar-refractivity contribution in [2.45, 2.75) is 266 Å². The molecule has 0 amide bonds. The van der Waals surface area contributed by atoms with Gasteiger partial charge in [-0.3, -0.25) is 4.79 Å². The monoisotopic (exact) mass is 897 g/mol. The minimum Gasteiger partial charge on any atom is -0.390 e. The maximum atomic E-state index is 11.3. The van der Waals surface area contributed by atoms with Crippen molar-refractivity contribution in [1.82, 2.24) is 0 Å². The normalized spacial score (nSPS) is 51.5. The molecule has 9 aliphatic heterocycles. The first-order valence-corrected chi connectivity index (χ1v) is 25.2. The fraction of sp³-hybridized carbons (Fsp3) is 0.865. The van der Waals surface area contributed by atoms with Crippen molar-refractivity contribution in [3.8, 4) is 0 Å². The van der Waals surface area contributed by atoms with Gasteiger partial charge >= 0.3 is 0 Å². The molecular formula is C52H80O12. The molecule has 22 atom stereocenters. The van der Waals surface area contributed by atoms with E-state index in [2.05, 4.69) is 79.3 Å². The first kappa shape index (κ1) is 47.5. The lowest BCUT2D eigenvalue weighted by atomic mass is 9.76. The molecule has 12 heteroatoms. The van der Waals surface area contributed by atoms with Crippen LogP contribution in [0.15, 0.2) is 36.5 Å². The minimum atomic E-state index is -0.695. The van der Waals surface area contributed by atoms with Gasteiger partial charge in [0.25, 0.3) is 0 Å². The maximum absolute atomic E-state index is 11.3. The SMILES string of the molecule is C=C(C=O)CC1C[C@H](O)C2OC3C[C@]4(C)OC5C=CCC6OC7C(C/C=C\CC6OC5CCCC4OC3CC2O1)OC1CC2OC(CC(C)(C)C)C(O)C[C@@H](C)C[C@@]2(C)OC1C[C@@H]7C. The summed E-state index contributed by atoms with van der Waals surface area (Å²) in [5.41, 5.74) is -0.598. The average Bonchev–Trinajstić information content (AvgIpc) is 3.26. The quantitative estimate of drug-likeness (QED) is 0.165. The lowest BCUT2D eigenvalue weighted by Gasteiger charge is -2.55. The van der Waals surface area contributed by atoms with E-state index in [0.717, 1.165) is 64.1 Å². The molecule has 360 valence electrons. The van der Waals surface area contributed by atoms with Crippen LogP contribution in [0, 0.1) is 17.3 Å². The molecule has 12 nitrogen and oxygen atoms in total. The predicted octanol–water partition coefficient (Wildman–Crippen LogP) is 7.43. The Kier molecular flexibility index (Phi) is 14.2. The highest BCUT2D eigenvalue weighted by atomic mass is 16.6. The number of carbonyl (C=O) groups excluding carboxylic acids is 1. The number of aliphatic hydroxyl groups excluding tert-OH is 2. The highest BCUT2D eigenvalue weighted by Gasteiger charge is 2.57. The third kappa shape index (κ3) is 10.2. The number of carbonyl (C=O) groups is 1. The zero-order valence-corrected chi connectivity index (χ0v) is 39.7. The van der Waals surface area contributed by atoms with Crippen LogP contribution in [0.1, 0.15) is 145 Å². The number of rotatable bonds is 4. The Labute approximate surface area is 382 Å². The Morgan fingerprint density at radius 2 is 1.38 bits per heavy atom. The van der Waals surface area contributed by atoms with Crippen LogP contribution >= 0.6 is 0 Å². The summed E-state index contributed by atoms with van der Waals surface area (Å²) in [6, 6.07) is 0. The third-order valence-electron chi connectivity index (χ3n) is 16.4. The van der Waals surface area contributed by atoms with Gasteiger partial charge in [0.05, 0.1) is 109 Å². The molecule has 7 fully saturated rings. The Hall–Kier alpha value is -1.55. The van der Waals surface area contributed by atoms with Gasteiger partial charge in [0.1, 0.15) is 18.5 Å². The van der Waals surface area contributed by atoms with Crippen molar-refractivity contribution in [1.29, 1.82) is 0 Å². The van der Waals surface area contributed by atoms with Gasteiger partial charge in [-0.25, -0.2) is 0 Å². The molecule has 0 radical (unpaired) electrons. The van der Waals surface area contributed by atoms with Crippen molar-refractivity contribution in [2.24, 2.45) is 17.3 Å². The molecule has 64 heavy (non-hydrogen) atoms. The lowest BCUT2D eigenvalue weighted by Crippen LogP contribution is -2.65. The van der Waals surface area contributed by atoms with E-state index >= 15 is 0 Å². The molecule has 17 unspecified atom stereocenters. The standard InChI is InChI=1S/C52H80O12/c1-29-20-33(54)44(26-50(4,5)6)60-47-24-41-42(64-51(47,7)25-29)21-31(3)48-39(58-41)14-10-9-13-35-36(61-48)15-11-17-38-37(57-35)16-12-18-46-52(8,63-38)27-45-40(59-46)23-43-49(62-45)34(55)22-32(56-43)19-30(2)28-53/h9-11,17,28-29,31-49,54-55H,2,12-16,18-27H2,1,3-8H3/b10-9-,17-11?/t29-,31+,32?,33?,34+,35?,36?,37?,38?,39?,40?,41?,42?,43?,44?,45?,46?,47?,48?,49?,51-,52+/m1/s1. The van der Waals surface area contributed by atoms with E-state index in [1.54, 1.807) is 0 Å². The van der Waals surface area contributed by atoms with Crippen LogP contribution < -0.4 is 0 Å². The third-order valence-corrected chi connectivity index (χ3v) is 16.4. The first-order valence-electron chi connectivity index (χ1n) is 25.2. The van der Waals surface area contributed by atoms with Gasteiger partial charge in [-0.15, -0.1) is 0 Å². The summed E-state index contributed by atoms with van der Waals surface area (Å²) < 4.78 is 62.9. The van der Waals surface area contributed by atoms with E-state index < -0.39 is 29.5 Å². The van der Waals surface area contributed by atoms with E-state index in [1.165, 1.54) is 0 Å². The van der Waals surface area contributed by atoms with Gasteiger partial charge in [-0.05, 0) is 101 Å². The lowest BCUT2D eigenvalue weighted by molar-refractivity contribution is -0.316. The Morgan fingerprint density at radius 3 is 2.16 bits per heavy atom. The fourth-order valence-electron chi connectivity index (χ4n) is 13.3. The van der Waals surface area contributed by atoms with Crippen molar-refractivity contribution >= 4 is 6.29 Å². The molecule has 9 heterocycles. The number of hydrogen-bond acceptors (Lipinski definition) is 12. The summed E-state index contributed by atoms with van der Waals surface area (Å²) in [6.45, 7) is 19.4. The second kappa shape index (κ2) is 19.1. The van der Waals surface area contributed by atoms with Gasteiger partial charge in [0.2, 0.25) is 0 Å². The van der Waals surface area contributed by atoms with Gasteiger partial charge in [-0.1, -0.05) is 65.5 Å². The zero-order valence-electron chi connectivity index (χ0n) is 39.7. The van der Waals surface area contributed by atoms with Crippen molar-refractivity contribution in [3.63, 3.8) is 0 Å². The smallest absolute Gasteiger partial charge is 0.145 e. The van der Waals surface area contributed by atoms with Crippen LogP contribution in [0.4, 0.5) is 0 Å². The highest BCUT2D eigenvalue weighted by molar-refractivity contribution is 5.72. The van der Waals surface area contributed by atoms with Crippen LogP contribution in [-0.2, 0) is 47.4 Å². The molecule has 9 rings (SSSR count). The number of aliphatic hydroxyl groups is 2. The fourth-order valence-corrected chi connectivity index (χ4v) is 13.3. The maximum Gasteiger partial charge on any atom is 0.145 e. The number of hydrogen-bond donors (Lipinski definition) is 2. The minimum absolute atomic E-state index is 0.0205. The van der Waals surface area contributed by atoms with Crippen molar-refractivity contribution in [3.05, 3.63) is 36.5 Å². The molecule has 7 saturated heterocycles. The molecule has 0 aromatic heterocycles. The summed E-state index contributed by atoms with van der Waals surface area (Å²) in [4.78, 5) is 11.3. The topological polar surface area (TPSA) is 141 Å². The summed E-state index contributed by atoms with van der Waals surface area (Å²) in [5.74, 6) is 0.496. The largest absolute Gasteiger partial charge is 0.390 e. The zero-order chi connectivity index (χ0) is 45.1. The summed E-state index contributed by atoms with van der Waals surface area (Å²) in [7, 11) is 0. The highest BCUT2D eigenvalue weighted by Crippen LogP contribution is 2.48. The second-order valence-corrected chi connectivity index (χ2v) is 23.3. The van der Waals surface area contributed by atoms with E-state index in [1.807, 2.05) is 0 Å². The summed E-state index contributed by atoms with van der Waals surface area (Å²) in [5, 5.41) is 22.5. The van der Waals surface area contributed by atoms with Gasteiger partial charge in [0.15, 0.2) is 0 Å². The van der Waals surface area contributed by atoms with Gasteiger partial charge in [0, 0.05) is 32.1 Å². The van der Waals surface area contributed by atoms with Crippen LogP contribution in [0.2, 0.25) is 0 Å². The Bertz CT molecular complexity index is 1700. The summed E-state index contributed by atoms with van der Waals surface area (Å²) >= 11 is 0. The molecule has 0 spiro atoms. The van der Waals surface area contributed by atoms with E-state index in [4.69, 9.17) is 42.6 Å². The molecule has 0 aromatic rings. The van der Waals surface area contributed by atoms with E-state index in [0.29, 0.717) is 50.0 Å². The Balaban J connectivity index is 0.876. The van der Waals surface area contributed by atoms with Crippen LogP contribution in [0.25, 0.3) is 0 Å². The van der Waals surface area contributed by atoms with Crippen molar-refractivity contribution < 1.29 is 57.6 Å². The van der Waals surface area contributed by atoms with Gasteiger partial charge in [-0.2, -0.15) is 0 Å². The molecule has 2 N–H and O–H groups in total. The van der Waals surface area contributed by atoms with E-state index in [9.17, 15) is 15.0 Å². The van der Waals surface area contributed by atoms with Crippen LogP contribution in [-0.4, -0.2) is 138 Å². The Morgan fingerprint density at radius 1 is 0.672 bits per heavy atom. The van der Waals surface area contributed by atoms with Crippen LogP contribution in [0.3, 0.4) is 0 Å². The molecule has 0 saturated carbocycles. The molecule has 0 aromatic carbocycles. The number of fused-ring (bicyclic) bond motifs is 8. The number of ether oxygens (including phenoxy) is 9. The van der Waals surface area contributed by atoms with Gasteiger partial charge < -0.3 is 52.8 Å². The molecular weight excluding hydrogens is 817 g/mol. The van der Waals surface area contributed by atoms with E-state index in [-0.39, 0.29) is 103 Å². The second-order valence-electron chi connectivity index (χ2n) is 23.3. The predicted molar refractivity (Wildman–Crippen MR) is 240 cm³/mol. The molecule has 0 aliphatic carbocycles. The average molecular weight is 897 g/mol. The summed E-state index contributed by atoms with van der Waals surface area (Å²) in [6.07, 6.45) is 16.1.